The molecule has 0 aliphatic heterocycles. The molecular weight excluding hydrogens is 352 g/mol. The third-order valence-corrected chi connectivity index (χ3v) is 3.95. The lowest BCUT2D eigenvalue weighted by molar-refractivity contribution is 0.101. The van der Waals surface area contributed by atoms with Crippen LogP contribution in [0.5, 0.6) is 0 Å². The highest BCUT2D eigenvalue weighted by Gasteiger charge is 2.08. The molecule has 0 saturated heterocycles. The lowest BCUT2D eigenvalue weighted by atomic mass is 10.1. The summed E-state index contributed by atoms with van der Waals surface area (Å²) in [5.41, 5.74) is 3.00. The molecule has 3 aromatic rings. The Bertz CT molecular complexity index is 997. The van der Waals surface area contributed by atoms with Gasteiger partial charge in [0.2, 0.25) is 0 Å². The summed E-state index contributed by atoms with van der Waals surface area (Å²) >= 11 is 0. The molecule has 0 heterocycles. The summed E-state index contributed by atoms with van der Waals surface area (Å²) in [4.78, 5) is 24.5. The zero-order chi connectivity index (χ0) is 19.9. The van der Waals surface area contributed by atoms with E-state index in [1.807, 2.05) is 12.1 Å². The summed E-state index contributed by atoms with van der Waals surface area (Å²) in [6, 6.07) is 23.4. The van der Waals surface area contributed by atoms with Crippen molar-refractivity contribution in [2.24, 2.45) is 0 Å². The molecule has 0 atom stereocenters. The molecule has 134 valence electrons. The third kappa shape index (κ3) is 4.40. The number of anilines is 2. The van der Waals surface area contributed by atoms with Crippen molar-refractivity contribution >= 4 is 23.2 Å². The van der Waals surface area contributed by atoms with E-state index in [4.69, 9.17) is 10.5 Å². The molecule has 28 heavy (non-hydrogen) atoms. The molecule has 0 saturated carbocycles. The van der Waals surface area contributed by atoms with Gasteiger partial charge in [0.15, 0.2) is 0 Å². The van der Waals surface area contributed by atoms with E-state index in [0.29, 0.717) is 33.6 Å². The van der Waals surface area contributed by atoms with Gasteiger partial charge in [-0.3, -0.25) is 9.59 Å². The zero-order valence-electron chi connectivity index (χ0n) is 14.6. The fourth-order valence-electron chi connectivity index (χ4n) is 2.44. The van der Waals surface area contributed by atoms with Crippen molar-refractivity contribution in [3.05, 3.63) is 95.1 Å². The number of carbonyl (C=O) groups excluding carboxylic acids is 2. The Morgan fingerprint density at radius 2 is 0.893 bits per heavy atom. The molecule has 0 aliphatic rings. The molecule has 0 bridgehead atoms. The maximum absolute atomic E-state index is 12.2. The molecule has 2 amide bonds. The maximum atomic E-state index is 12.2. The Balaban J connectivity index is 1.62. The highest BCUT2D eigenvalue weighted by atomic mass is 16.2. The van der Waals surface area contributed by atoms with E-state index < -0.39 is 0 Å². The lowest BCUT2D eigenvalue weighted by Gasteiger charge is -2.08. The van der Waals surface area contributed by atoms with E-state index in [1.165, 1.54) is 0 Å². The highest BCUT2D eigenvalue weighted by molar-refractivity contribution is 6.05. The average Bonchev–Trinajstić information content (AvgIpc) is 2.75. The summed E-state index contributed by atoms with van der Waals surface area (Å²) in [6.45, 7) is 0. The SMILES string of the molecule is N#Cc1ccc(C(=O)Nc2ccc(NC(=O)c3ccc(C#N)cc3)cc2)cc1. The van der Waals surface area contributed by atoms with Crippen LogP contribution in [-0.4, -0.2) is 11.8 Å². The highest BCUT2D eigenvalue weighted by Crippen LogP contribution is 2.16. The molecule has 6 heteroatoms. The minimum absolute atomic E-state index is 0.293. The number of hydrogen-bond donors (Lipinski definition) is 2. The van der Waals surface area contributed by atoms with Gasteiger partial charge in [-0.1, -0.05) is 0 Å². The van der Waals surface area contributed by atoms with Crippen LogP contribution in [0.15, 0.2) is 72.8 Å². The molecule has 0 unspecified atom stereocenters. The number of nitrogens with zero attached hydrogens (tertiary/aromatic N) is 2. The van der Waals surface area contributed by atoms with Crippen LogP contribution in [0.2, 0.25) is 0 Å². The van der Waals surface area contributed by atoms with Crippen LogP contribution in [0, 0.1) is 22.7 Å². The monoisotopic (exact) mass is 366 g/mol. The first-order valence-electron chi connectivity index (χ1n) is 8.32. The van der Waals surface area contributed by atoms with Crippen LogP contribution in [0.1, 0.15) is 31.8 Å². The Kier molecular flexibility index (Phi) is 5.45. The minimum Gasteiger partial charge on any atom is -0.322 e. The van der Waals surface area contributed by atoms with Gasteiger partial charge in [-0.25, -0.2) is 0 Å². The van der Waals surface area contributed by atoms with Crippen LogP contribution in [0.25, 0.3) is 0 Å². The summed E-state index contributed by atoms with van der Waals surface area (Å²) < 4.78 is 0. The van der Waals surface area contributed by atoms with Crippen molar-refractivity contribution in [2.75, 3.05) is 10.6 Å². The summed E-state index contributed by atoms with van der Waals surface area (Å²) in [7, 11) is 0. The topological polar surface area (TPSA) is 106 Å². The quantitative estimate of drug-likeness (QED) is 0.729. The van der Waals surface area contributed by atoms with E-state index in [9.17, 15) is 9.59 Å². The molecule has 0 aromatic heterocycles. The first-order chi connectivity index (χ1) is 13.6. The lowest BCUT2D eigenvalue weighted by Crippen LogP contribution is -2.13. The van der Waals surface area contributed by atoms with Gasteiger partial charge in [0.25, 0.3) is 11.8 Å². The number of nitriles is 2. The molecule has 6 nitrogen and oxygen atoms in total. The van der Waals surface area contributed by atoms with Gasteiger partial charge in [0, 0.05) is 22.5 Å². The number of nitrogens with one attached hydrogen (secondary N) is 2. The Morgan fingerprint density at radius 3 is 1.18 bits per heavy atom. The first-order valence-corrected chi connectivity index (χ1v) is 8.32. The third-order valence-electron chi connectivity index (χ3n) is 3.95. The predicted molar refractivity (Wildman–Crippen MR) is 105 cm³/mol. The number of amides is 2. The molecule has 0 spiro atoms. The van der Waals surface area contributed by atoms with Crippen LogP contribution < -0.4 is 10.6 Å². The van der Waals surface area contributed by atoms with Gasteiger partial charge in [-0.05, 0) is 72.8 Å². The van der Waals surface area contributed by atoms with E-state index in [-0.39, 0.29) is 11.8 Å². The zero-order valence-corrected chi connectivity index (χ0v) is 14.6. The Labute approximate surface area is 161 Å². The molecule has 0 radical (unpaired) electrons. The van der Waals surface area contributed by atoms with Crippen LogP contribution in [-0.2, 0) is 0 Å². The van der Waals surface area contributed by atoms with Crippen molar-refractivity contribution in [3.63, 3.8) is 0 Å². The average molecular weight is 366 g/mol. The molecular formula is C22H14N4O2. The largest absolute Gasteiger partial charge is 0.322 e. The molecule has 3 rings (SSSR count). The number of hydrogen-bond acceptors (Lipinski definition) is 4. The van der Waals surface area contributed by atoms with Gasteiger partial charge in [0.05, 0.1) is 23.3 Å². The Hall–Kier alpha value is -4.42. The van der Waals surface area contributed by atoms with E-state index in [0.717, 1.165) is 0 Å². The standard InChI is InChI=1S/C22H14N4O2/c23-13-15-1-5-17(6-2-15)21(27)25-19-9-11-20(12-10-19)26-22(28)18-7-3-16(14-24)4-8-18/h1-12H,(H,25,27)(H,26,28). The van der Waals surface area contributed by atoms with Crippen LogP contribution >= 0.6 is 0 Å². The second kappa shape index (κ2) is 8.31. The fourth-order valence-corrected chi connectivity index (χ4v) is 2.44. The summed E-state index contributed by atoms with van der Waals surface area (Å²) in [5.74, 6) is -0.585. The minimum atomic E-state index is -0.293. The van der Waals surface area contributed by atoms with Crippen molar-refractivity contribution in [1.29, 1.82) is 10.5 Å². The Morgan fingerprint density at radius 1 is 0.571 bits per heavy atom. The van der Waals surface area contributed by atoms with E-state index >= 15 is 0 Å². The second-order valence-corrected chi connectivity index (χ2v) is 5.86. The van der Waals surface area contributed by atoms with E-state index in [1.54, 1.807) is 72.8 Å². The van der Waals surface area contributed by atoms with Gasteiger partial charge in [-0.15, -0.1) is 0 Å². The first kappa shape index (κ1) is 18.4. The van der Waals surface area contributed by atoms with Crippen LogP contribution in [0.4, 0.5) is 11.4 Å². The molecule has 3 aromatic carbocycles. The molecule has 0 fully saturated rings. The van der Waals surface area contributed by atoms with Crippen molar-refractivity contribution in [3.8, 4) is 12.1 Å². The van der Waals surface area contributed by atoms with Crippen molar-refractivity contribution in [2.45, 2.75) is 0 Å². The van der Waals surface area contributed by atoms with Crippen molar-refractivity contribution in [1.82, 2.24) is 0 Å². The van der Waals surface area contributed by atoms with Crippen LogP contribution in [0.3, 0.4) is 0 Å². The molecule has 0 aliphatic carbocycles. The van der Waals surface area contributed by atoms with Gasteiger partial charge in [-0.2, -0.15) is 10.5 Å². The van der Waals surface area contributed by atoms with Crippen molar-refractivity contribution < 1.29 is 9.59 Å². The predicted octanol–water partition coefficient (Wildman–Crippen LogP) is 3.93. The molecule has 2 N–H and O–H groups in total. The maximum Gasteiger partial charge on any atom is 0.255 e. The summed E-state index contributed by atoms with van der Waals surface area (Å²) in [6.07, 6.45) is 0. The number of rotatable bonds is 4. The van der Waals surface area contributed by atoms with Gasteiger partial charge < -0.3 is 10.6 Å². The number of benzene rings is 3. The summed E-state index contributed by atoms with van der Waals surface area (Å²) in [5, 5.41) is 23.1. The van der Waals surface area contributed by atoms with Gasteiger partial charge in [0.1, 0.15) is 0 Å². The van der Waals surface area contributed by atoms with Gasteiger partial charge >= 0.3 is 0 Å². The number of carbonyl (C=O) groups is 2. The second-order valence-electron chi connectivity index (χ2n) is 5.86. The fraction of sp³-hybridized carbons (Fsp3) is 0. The smallest absolute Gasteiger partial charge is 0.255 e. The van der Waals surface area contributed by atoms with E-state index in [2.05, 4.69) is 10.6 Å². The normalized spacial score (nSPS) is 9.64.